The molecule has 0 spiro atoms. The van der Waals surface area contributed by atoms with E-state index in [0.717, 1.165) is 9.50 Å². The Labute approximate surface area is 76.2 Å². The van der Waals surface area contributed by atoms with E-state index < -0.39 is 0 Å². The monoisotopic (exact) mass is 266 g/mol. The van der Waals surface area contributed by atoms with Crippen molar-refractivity contribution in [1.29, 1.82) is 0 Å². The molecule has 1 aromatic carbocycles. The Bertz CT molecular complexity index is 224. The zero-order valence-corrected chi connectivity index (χ0v) is 9.33. The molecule has 0 aromatic heterocycles. The quantitative estimate of drug-likeness (QED) is 0.623. The van der Waals surface area contributed by atoms with E-state index in [4.69, 9.17) is 11.6 Å². The summed E-state index contributed by atoms with van der Waals surface area (Å²) in [5, 5.41) is 0.837. The molecule has 1 atom stereocenters. The van der Waals surface area contributed by atoms with Gasteiger partial charge >= 0.3 is 76.4 Å². The number of rotatable bonds is 0. The summed E-state index contributed by atoms with van der Waals surface area (Å²) in [6.45, 7) is 0. The van der Waals surface area contributed by atoms with Crippen molar-refractivity contribution in [2.75, 3.05) is 0 Å². The van der Waals surface area contributed by atoms with Gasteiger partial charge in [-0.25, -0.2) is 0 Å². The van der Waals surface area contributed by atoms with E-state index in [0.29, 0.717) is 0 Å². The first kappa shape index (κ1) is 7.65. The molecule has 0 aliphatic rings. The van der Waals surface area contributed by atoms with Crippen LogP contribution in [0.3, 0.4) is 0 Å². The van der Waals surface area contributed by atoms with Gasteiger partial charge in [0.1, 0.15) is 0 Å². The maximum atomic E-state index is 5.80. The Hall–Kier alpha value is 0.548. The fraction of sp³-hybridized carbons (Fsp3) is 0. The van der Waals surface area contributed by atoms with Gasteiger partial charge in [0.15, 0.2) is 0 Å². The molecule has 1 unspecified atom stereocenters. The third-order valence-electron chi connectivity index (χ3n) is 0.962. The van der Waals surface area contributed by atoms with Gasteiger partial charge in [-0.15, -0.1) is 0 Å². The first-order valence-electron chi connectivity index (χ1n) is 2.40. The minimum absolute atomic E-state index is 0.837. The molecular weight excluding hydrogens is 262 g/mol. The first-order valence-corrected chi connectivity index (χ1v) is 4.79. The number of benzene rings is 1. The van der Waals surface area contributed by atoms with Crippen LogP contribution < -0.4 is 4.35 Å². The molecule has 0 aliphatic heterocycles. The molecule has 0 radical (unpaired) electrons. The second-order valence-electron chi connectivity index (χ2n) is 1.67. The first-order chi connectivity index (χ1) is 4.20. The second kappa shape index (κ2) is 3.09. The fourth-order valence-electron chi connectivity index (χ4n) is 0.502. The van der Waals surface area contributed by atoms with Crippen molar-refractivity contribution < 1.29 is 0 Å². The molecule has 9 heavy (non-hydrogen) atoms. The number of hydrogen-bond donors (Lipinski definition) is 0. The van der Waals surface area contributed by atoms with Gasteiger partial charge in [0.2, 0.25) is 0 Å². The maximum absolute atomic E-state index is 5.80. The van der Waals surface area contributed by atoms with Crippen LogP contribution in [0.15, 0.2) is 22.7 Å². The second-order valence-corrected chi connectivity index (χ2v) is 4.29. The van der Waals surface area contributed by atoms with Crippen molar-refractivity contribution >= 4 is 48.7 Å². The van der Waals surface area contributed by atoms with E-state index in [1.807, 2.05) is 18.2 Å². The SMILES string of the molecule is Clc1cc(Br)ccc1[AsH2]. The summed E-state index contributed by atoms with van der Waals surface area (Å²) in [6.07, 6.45) is 0. The predicted molar refractivity (Wildman–Crippen MR) is 47.3 cm³/mol. The van der Waals surface area contributed by atoms with Crippen molar-refractivity contribution in [2.45, 2.75) is 0 Å². The average Bonchev–Trinajstić information content (AvgIpc) is 1.80. The van der Waals surface area contributed by atoms with Gasteiger partial charge in [-0.3, -0.25) is 0 Å². The number of hydrogen-bond acceptors (Lipinski definition) is 0. The van der Waals surface area contributed by atoms with Gasteiger partial charge in [-0.05, 0) is 0 Å². The Kier molecular flexibility index (Phi) is 2.63. The molecule has 1 aromatic rings. The predicted octanol–water partition coefficient (Wildman–Crippen LogP) is 1.36. The Morgan fingerprint density at radius 2 is 2.11 bits per heavy atom. The van der Waals surface area contributed by atoms with Gasteiger partial charge in [0.25, 0.3) is 0 Å². The van der Waals surface area contributed by atoms with Crippen LogP contribution in [0.5, 0.6) is 0 Å². The molecule has 0 bridgehead atoms. The molecular formula is C6H5AsBrCl. The zero-order valence-electron chi connectivity index (χ0n) is 4.57. The summed E-state index contributed by atoms with van der Waals surface area (Å²) in [4.78, 5) is 0. The molecule has 0 heterocycles. The molecule has 0 fully saturated rings. The molecule has 0 N–H and O–H groups in total. The third kappa shape index (κ3) is 2.00. The summed E-state index contributed by atoms with van der Waals surface area (Å²) >= 11 is 10.7. The summed E-state index contributed by atoms with van der Waals surface area (Å²) < 4.78 is 2.21. The van der Waals surface area contributed by atoms with Crippen LogP contribution in [0.25, 0.3) is 0 Å². The van der Waals surface area contributed by atoms with Gasteiger partial charge < -0.3 is 0 Å². The van der Waals surface area contributed by atoms with E-state index in [1.54, 1.807) is 16.9 Å². The van der Waals surface area contributed by atoms with E-state index in [2.05, 4.69) is 15.9 Å². The van der Waals surface area contributed by atoms with Gasteiger partial charge in [-0.2, -0.15) is 0 Å². The van der Waals surface area contributed by atoms with Crippen LogP contribution in [0, 0.1) is 0 Å². The molecule has 0 saturated carbocycles. The van der Waals surface area contributed by atoms with E-state index in [9.17, 15) is 0 Å². The summed E-state index contributed by atoms with van der Waals surface area (Å²) in [6, 6.07) is 5.90. The van der Waals surface area contributed by atoms with Crippen molar-refractivity contribution in [1.82, 2.24) is 0 Å². The minimum atomic E-state index is 0.837. The Morgan fingerprint density at radius 1 is 1.44 bits per heavy atom. The standard InChI is InChI=1S/C6H5AsBrCl/c7-5-2-1-4(8)3-6(5)9/h1-3H,7H2. The van der Waals surface area contributed by atoms with Gasteiger partial charge in [0.05, 0.1) is 0 Å². The van der Waals surface area contributed by atoms with Crippen LogP contribution >= 0.6 is 27.5 Å². The number of halogens is 2. The van der Waals surface area contributed by atoms with Gasteiger partial charge in [-0.1, -0.05) is 0 Å². The molecule has 1 rings (SSSR count). The average molecular weight is 267 g/mol. The van der Waals surface area contributed by atoms with Crippen LogP contribution in [-0.2, 0) is 0 Å². The zero-order chi connectivity index (χ0) is 6.85. The summed E-state index contributed by atoms with van der Waals surface area (Å²) in [7, 11) is 0. The van der Waals surface area contributed by atoms with Crippen LogP contribution in [0.1, 0.15) is 0 Å². The fourth-order valence-corrected chi connectivity index (χ4v) is 1.55. The van der Waals surface area contributed by atoms with Crippen molar-refractivity contribution in [3.8, 4) is 0 Å². The normalized spacial score (nSPS) is 9.67. The third-order valence-corrected chi connectivity index (χ3v) is 3.22. The Balaban J connectivity index is 3.17. The Morgan fingerprint density at radius 3 is 2.56 bits per heavy atom. The van der Waals surface area contributed by atoms with Crippen LogP contribution in [0.4, 0.5) is 0 Å². The molecule has 3 heteroatoms. The topological polar surface area (TPSA) is 0 Å². The summed E-state index contributed by atoms with van der Waals surface area (Å²) in [5.41, 5.74) is 0. The van der Waals surface area contributed by atoms with Crippen molar-refractivity contribution in [2.24, 2.45) is 0 Å². The molecule has 0 saturated heterocycles. The van der Waals surface area contributed by atoms with Crippen LogP contribution in [0.2, 0.25) is 5.02 Å². The van der Waals surface area contributed by atoms with E-state index in [1.165, 1.54) is 4.35 Å². The van der Waals surface area contributed by atoms with E-state index in [-0.39, 0.29) is 0 Å². The summed E-state index contributed by atoms with van der Waals surface area (Å²) in [5.74, 6) is 0. The van der Waals surface area contributed by atoms with E-state index >= 15 is 0 Å². The van der Waals surface area contributed by atoms with Gasteiger partial charge in [0, 0.05) is 0 Å². The van der Waals surface area contributed by atoms with Crippen molar-refractivity contribution in [3.63, 3.8) is 0 Å². The van der Waals surface area contributed by atoms with Crippen LogP contribution in [-0.4, -0.2) is 16.9 Å². The molecule has 0 amide bonds. The molecule has 0 nitrogen and oxygen atoms in total. The van der Waals surface area contributed by atoms with Crippen molar-refractivity contribution in [3.05, 3.63) is 27.7 Å². The molecule has 48 valence electrons. The molecule has 0 aliphatic carbocycles.